The molecular weight excluding hydrogens is 220 g/mol. The molecule has 0 aliphatic carbocycles. The molecule has 5 heteroatoms. The lowest BCUT2D eigenvalue weighted by molar-refractivity contribution is 0.619. The van der Waals surface area contributed by atoms with Gasteiger partial charge in [0, 0.05) is 31.6 Å². The zero-order valence-corrected chi connectivity index (χ0v) is 10.7. The predicted octanol–water partition coefficient (Wildman–Crippen LogP) is 1.33. The molecule has 0 saturated carbocycles. The minimum Gasteiger partial charge on any atom is -0.378 e. The van der Waals surface area contributed by atoms with E-state index in [-0.39, 0.29) is 0 Å². The lowest BCUT2D eigenvalue weighted by Gasteiger charge is -2.41. The number of fused-ring (bicyclic) bond motifs is 3. The summed E-state index contributed by atoms with van der Waals surface area (Å²) >= 11 is 2.06. The monoisotopic (exact) mass is 238 g/mol. The quantitative estimate of drug-likeness (QED) is 0.800. The Morgan fingerprint density at radius 2 is 2.44 bits per heavy atom. The zero-order chi connectivity index (χ0) is 11.1. The maximum Gasteiger partial charge on any atom is 0.150 e. The van der Waals surface area contributed by atoms with E-state index in [9.17, 15) is 0 Å². The van der Waals surface area contributed by atoms with Gasteiger partial charge >= 0.3 is 0 Å². The second kappa shape index (κ2) is 3.87. The number of hydrogen-bond acceptors (Lipinski definition) is 4. The summed E-state index contributed by atoms with van der Waals surface area (Å²) in [6.07, 6.45) is 1.00. The molecule has 0 amide bonds. The normalized spacial score (nSPS) is 23.6. The van der Waals surface area contributed by atoms with Crippen LogP contribution in [0.1, 0.15) is 12.6 Å². The smallest absolute Gasteiger partial charge is 0.150 e. The Hall–Kier alpha value is -0.840. The van der Waals surface area contributed by atoms with Gasteiger partial charge in [0.05, 0.1) is 11.7 Å². The Labute approximate surface area is 100 Å². The van der Waals surface area contributed by atoms with E-state index in [2.05, 4.69) is 41.0 Å². The molecule has 3 rings (SSSR count). The van der Waals surface area contributed by atoms with Crippen LogP contribution in [0.3, 0.4) is 0 Å². The fourth-order valence-corrected chi connectivity index (χ4v) is 3.71. The molecule has 1 fully saturated rings. The van der Waals surface area contributed by atoms with Crippen molar-refractivity contribution in [3.05, 3.63) is 5.69 Å². The third-order valence-corrected chi connectivity index (χ3v) is 4.53. The van der Waals surface area contributed by atoms with Gasteiger partial charge in [-0.05, 0) is 6.42 Å². The number of rotatable bonds is 1. The van der Waals surface area contributed by atoms with Gasteiger partial charge in [-0.3, -0.25) is 4.68 Å². The van der Waals surface area contributed by atoms with Crippen molar-refractivity contribution < 1.29 is 0 Å². The molecule has 1 aromatic heterocycles. The summed E-state index contributed by atoms with van der Waals surface area (Å²) in [4.78, 5) is 2.54. The third kappa shape index (κ3) is 1.41. The van der Waals surface area contributed by atoms with Gasteiger partial charge in [0.2, 0.25) is 0 Å². The predicted molar refractivity (Wildman–Crippen MR) is 69.5 cm³/mol. The number of nitrogens with zero attached hydrogens (tertiary/aromatic N) is 3. The average Bonchev–Trinajstić information content (AvgIpc) is 2.66. The summed E-state index contributed by atoms with van der Waals surface area (Å²) < 4.78 is 2.04. The van der Waals surface area contributed by atoms with E-state index in [1.807, 2.05) is 4.68 Å². The first-order chi connectivity index (χ1) is 7.81. The third-order valence-electron chi connectivity index (χ3n) is 3.44. The molecule has 0 radical (unpaired) electrons. The van der Waals surface area contributed by atoms with Crippen molar-refractivity contribution in [1.82, 2.24) is 9.78 Å². The molecule has 1 aromatic rings. The molecule has 1 saturated heterocycles. The zero-order valence-electron chi connectivity index (χ0n) is 9.86. The van der Waals surface area contributed by atoms with Gasteiger partial charge in [-0.1, -0.05) is 6.92 Å². The van der Waals surface area contributed by atoms with Crippen molar-refractivity contribution in [3.8, 4) is 0 Å². The summed E-state index contributed by atoms with van der Waals surface area (Å²) in [7, 11) is 2.06. The van der Waals surface area contributed by atoms with Crippen LogP contribution >= 0.6 is 11.8 Å². The second-order valence-corrected chi connectivity index (χ2v) is 5.58. The summed E-state index contributed by atoms with van der Waals surface area (Å²) in [5.74, 6) is 3.77. The summed E-state index contributed by atoms with van der Waals surface area (Å²) in [5.41, 5.74) is 2.47. The molecule has 1 atom stereocenters. The van der Waals surface area contributed by atoms with Gasteiger partial charge in [-0.25, -0.2) is 0 Å². The van der Waals surface area contributed by atoms with Crippen molar-refractivity contribution >= 4 is 23.3 Å². The van der Waals surface area contributed by atoms with Crippen LogP contribution in [-0.4, -0.2) is 40.4 Å². The molecule has 16 heavy (non-hydrogen) atoms. The molecule has 0 spiro atoms. The molecule has 3 heterocycles. The molecule has 1 N–H and O–H groups in total. The first-order valence-corrected chi connectivity index (χ1v) is 7.11. The summed E-state index contributed by atoms with van der Waals surface area (Å²) in [5, 5.41) is 8.17. The van der Waals surface area contributed by atoms with E-state index in [1.165, 1.54) is 28.7 Å². The lowest BCUT2D eigenvalue weighted by Crippen LogP contribution is -2.50. The van der Waals surface area contributed by atoms with Gasteiger partial charge in [-0.15, -0.1) is 0 Å². The molecule has 1 unspecified atom stereocenters. The van der Waals surface area contributed by atoms with Gasteiger partial charge in [0.1, 0.15) is 5.69 Å². The fraction of sp³-hybridized carbons (Fsp3) is 0.727. The van der Waals surface area contributed by atoms with Crippen molar-refractivity contribution in [3.63, 3.8) is 0 Å². The van der Waals surface area contributed by atoms with Crippen LogP contribution < -0.4 is 10.2 Å². The molecule has 88 valence electrons. The molecule has 4 nitrogen and oxygen atoms in total. The van der Waals surface area contributed by atoms with Crippen LogP contribution in [-0.2, 0) is 13.5 Å². The molecular formula is C11H18N4S. The van der Waals surface area contributed by atoms with Crippen LogP contribution in [0.25, 0.3) is 0 Å². The van der Waals surface area contributed by atoms with E-state index in [0.29, 0.717) is 6.04 Å². The Bertz CT molecular complexity index is 401. The Kier molecular flexibility index (Phi) is 2.50. The lowest BCUT2D eigenvalue weighted by atomic mass is 10.1. The highest BCUT2D eigenvalue weighted by atomic mass is 32.2. The largest absolute Gasteiger partial charge is 0.378 e. The standard InChI is InChI=1S/C11H18N4S/c1-3-9-10-11(14(2)13-9)15-4-5-16-7-8(15)6-12-10/h8,12H,3-7H2,1-2H3. The number of thioether (sulfide) groups is 1. The topological polar surface area (TPSA) is 33.1 Å². The first-order valence-electron chi connectivity index (χ1n) is 5.95. The van der Waals surface area contributed by atoms with Crippen LogP contribution in [0.4, 0.5) is 11.5 Å². The highest BCUT2D eigenvalue weighted by Crippen LogP contribution is 2.36. The van der Waals surface area contributed by atoms with Gasteiger partial charge in [-0.2, -0.15) is 16.9 Å². The van der Waals surface area contributed by atoms with E-state index >= 15 is 0 Å². The van der Waals surface area contributed by atoms with E-state index in [4.69, 9.17) is 0 Å². The van der Waals surface area contributed by atoms with Gasteiger partial charge in [0.15, 0.2) is 5.82 Å². The van der Waals surface area contributed by atoms with Crippen molar-refractivity contribution in [1.29, 1.82) is 0 Å². The van der Waals surface area contributed by atoms with Crippen molar-refractivity contribution in [2.75, 3.05) is 34.8 Å². The molecule has 0 bridgehead atoms. The van der Waals surface area contributed by atoms with E-state index < -0.39 is 0 Å². The fourth-order valence-electron chi connectivity index (χ4n) is 2.65. The van der Waals surface area contributed by atoms with Gasteiger partial charge < -0.3 is 10.2 Å². The Morgan fingerprint density at radius 1 is 1.56 bits per heavy atom. The maximum absolute atomic E-state index is 4.61. The summed E-state index contributed by atoms with van der Waals surface area (Å²) in [6.45, 7) is 4.40. The highest BCUT2D eigenvalue weighted by molar-refractivity contribution is 7.99. The highest BCUT2D eigenvalue weighted by Gasteiger charge is 2.32. The molecule has 0 aromatic carbocycles. The van der Waals surface area contributed by atoms with E-state index in [1.54, 1.807) is 0 Å². The van der Waals surface area contributed by atoms with Crippen LogP contribution in [0.5, 0.6) is 0 Å². The second-order valence-electron chi connectivity index (χ2n) is 4.43. The first kappa shape index (κ1) is 10.3. The number of nitrogens with one attached hydrogen (secondary N) is 1. The van der Waals surface area contributed by atoms with Crippen LogP contribution in [0.2, 0.25) is 0 Å². The Balaban J connectivity index is 2.04. The number of hydrogen-bond donors (Lipinski definition) is 1. The number of aryl methyl sites for hydroxylation is 2. The minimum absolute atomic E-state index is 0.645. The minimum atomic E-state index is 0.645. The number of aromatic nitrogens is 2. The maximum atomic E-state index is 4.61. The SMILES string of the molecule is CCc1nn(C)c2c1NCC1CSCCN21. The number of anilines is 2. The Morgan fingerprint density at radius 3 is 3.25 bits per heavy atom. The van der Waals surface area contributed by atoms with Crippen LogP contribution in [0.15, 0.2) is 0 Å². The van der Waals surface area contributed by atoms with Crippen molar-refractivity contribution in [2.45, 2.75) is 19.4 Å². The van der Waals surface area contributed by atoms with Crippen molar-refractivity contribution in [2.24, 2.45) is 7.05 Å². The molecule has 2 aliphatic rings. The average molecular weight is 238 g/mol. The van der Waals surface area contributed by atoms with Crippen LogP contribution in [0, 0.1) is 0 Å². The van der Waals surface area contributed by atoms with Gasteiger partial charge in [0.25, 0.3) is 0 Å². The molecule has 2 aliphatic heterocycles. The summed E-state index contributed by atoms with van der Waals surface area (Å²) in [6, 6.07) is 0.645. The van der Waals surface area contributed by atoms with E-state index in [0.717, 1.165) is 19.5 Å².